The Balaban J connectivity index is 2.23. The number of rotatable bonds is 4. The lowest BCUT2D eigenvalue weighted by Gasteiger charge is -2.41. The van der Waals surface area contributed by atoms with E-state index in [-0.39, 0.29) is 23.4 Å². The van der Waals surface area contributed by atoms with Gasteiger partial charge in [0.15, 0.2) is 0 Å². The predicted molar refractivity (Wildman–Crippen MR) is 70.0 cm³/mol. The molecular weight excluding hydrogens is 228 g/mol. The molecule has 0 bridgehead atoms. The van der Waals surface area contributed by atoms with E-state index < -0.39 is 0 Å². The minimum Gasteiger partial charge on any atom is -0.344 e. The first-order chi connectivity index (χ1) is 8.51. The van der Waals surface area contributed by atoms with E-state index in [1.807, 2.05) is 4.90 Å². The summed E-state index contributed by atoms with van der Waals surface area (Å²) in [5, 5.41) is 2.91. The van der Waals surface area contributed by atoms with E-state index in [1.165, 1.54) is 0 Å². The van der Waals surface area contributed by atoms with E-state index in [1.54, 1.807) is 0 Å². The highest BCUT2D eigenvalue weighted by Crippen LogP contribution is 2.36. The molecular formula is C14H24N2O2. The van der Waals surface area contributed by atoms with Crippen LogP contribution in [0.15, 0.2) is 0 Å². The van der Waals surface area contributed by atoms with Crippen LogP contribution in [0.1, 0.15) is 52.9 Å². The van der Waals surface area contributed by atoms with Crippen LogP contribution in [0, 0.1) is 5.92 Å². The van der Waals surface area contributed by atoms with Gasteiger partial charge in [-0.2, -0.15) is 0 Å². The lowest BCUT2D eigenvalue weighted by molar-refractivity contribution is -0.139. The molecule has 1 unspecified atom stereocenters. The zero-order valence-corrected chi connectivity index (χ0v) is 11.7. The van der Waals surface area contributed by atoms with Crippen molar-refractivity contribution in [1.82, 2.24) is 10.2 Å². The number of hydrogen-bond acceptors (Lipinski definition) is 2. The molecule has 1 aliphatic heterocycles. The van der Waals surface area contributed by atoms with Crippen molar-refractivity contribution in [3.05, 3.63) is 0 Å². The van der Waals surface area contributed by atoms with Crippen LogP contribution in [0.4, 0.5) is 0 Å². The average molecular weight is 252 g/mol. The fourth-order valence-corrected chi connectivity index (χ4v) is 2.72. The summed E-state index contributed by atoms with van der Waals surface area (Å²) >= 11 is 0. The Kier molecular flexibility index (Phi) is 3.64. The Labute approximate surface area is 109 Å². The maximum absolute atomic E-state index is 12.6. The van der Waals surface area contributed by atoms with E-state index in [0.29, 0.717) is 18.9 Å². The molecule has 1 N–H and O–H groups in total. The van der Waals surface area contributed by atoms with E-state index in [4.69, 9.17) is 0 Å². The highest BCUT2D eigenvalue weighted by atomic mass is 16.2. The molecule has 0 aromatic heterocycles. The predicted octanol–water partition coefficient (Wildman–Crippen LogP) is 1.69. The largest absolute Gasteiger partial charge is 0.344 e. The standard InChI is InChI=1S/C14H24N2O2/c1-4-14(3,5-2)16-9-8-11(17)15-12(13(16)18)10-6-7-10/h10,12H,4-9H2,1-3H3,(H,15,17). The molecule has 2 amide bonds. The molecule has 0 radical (unpaired) electrons. The minimum atomic E-state index is -0.266. The number of hydrogen-bond donors (Lipinski definition) is 1. The number of carbonyl (C=O) groups is 2. The topological polar surface area (TPSA) is 49.4 Å². The van der Waals surface area contributed by atoms with Crippen molar-refractivity contribution >= 4 is 11.8 Å². The number of carbonyl (C=O) groups excluding carboxylic acids is 2. The molecule has 1 heterocycles. The van der Waals surface area contributed by atoms with Crippen molar-refractivity contribution in [2.45, 2.75) is 64.5 Å². The number of nitrogens with zero attached hydrogens (tertiary/aromatic N) is 1. The highest BCUT2D eigenvalue weighted by molar-refractivity contribution is 5.90. The third kappa shape index (κ3) is 2.38. The zero-order valence-electron chi connectivity index (χ0n) is 11.7. The summed E-state index contributed by atoms with van der Waals surface area (Å²) in [6.45, 7) is 6.92. The van der Waals surface area contributed by atoms with Crippen molar-refractivity contribution < 1.29 is 9.59 Å². The van der Waals surface area contributed by atoms with Crippen molar-refractivity contribution in [3.63, 3.8) is 0 Å². The Morgan fingerprint density at radius 1 is 1.28 bits per heavy atom. The van der Waals surface area contributed by atoms with Crippen molar-refractivity contribution in [2.75, 3.05) is 6.54 Å². The first kappa shape index (κ1) is 13.4. The zero-order chi connectivity index (χ0) is 13.3. The fraction of sp³-hybridized carbons (Fsp3) is 0.857. The first-order valence-electron chi connectivity index (χ1n) is 7.12. The molecule has 4 nitrogen and oxygen atoms in total. The molecule has 2 fully saturated rings. The SMILES string of the molecule is CCC(C)(CC)N1CCC(=O)NC(C2CC2)C1=O. The number of amides is 2. The lowest BCUT2D eigenvalue weighted by atomic mass is 9.92. The average Bonchev–Trinajstić information content (AvgIpc) is 3.18. The summed E-state index contributed by atoms with van der Waals surface area (Å²) < 4.78 is 0. The Bertz CT molecular complexity index is 346. The summed E-state index contributed by atoms with van der Waals surface area (Å²) in [7, 11) is 0. The van der Waals surface area contributed by atoms with Gasteiger partial charge in [0.05, 0.1) is 0 Å². The molecule has 0 aromatic rings. The monoisotopic (exact) mass is 252 g/mol. The second-order valence-electron chi connectivity index (χ2n) is 5.83. The van der Waals surface area contributed by atoms with E-state index in [0.717, 1.165) is 25.7 Å². The van der Waals surface area contributed by atoms with Gasteiger partial charge in [0, 0.05) is 18.5 Å². The second-order valence-corrected chi connectivity index (χ2v) is 5.83. The van der Waals surface area contributed by atoms with Crippen LogP contribution in [0.3, 0.4) is 0 Å². The molecule has 0 spiro atoms. The molecule has 4 heteroatoms. The maximum atomic E-state index is 12.6. The molecule has 18 heavy (non-hydrogen) atoms. The summed E-state index contributed by atoms with van der Waals surface area (Å²) in [6, 6.07) is -0.266. The molecule has 1 atom stereocenters. The molecule has 2 aliphatic rings. The van der Waals surface area contributed by atoms with Gasteiger partial charge >= 0.3 is 0 Å². The first-order valence-corrected chi connectivity index (χ1v) is 7.12. The molecule has 102 valence electrons. The Morgan fingerprint density at radius 3 is 2.39 bits per heavy atom. The van der Waals surface area contributed by atoms with E-state index in [2.05, 4.69) is 26.1 Å². The molecule has 0 aromatic carbocycles. The normalized spacial score (nSPS) is 25.9. The number of nitrogens with one attached hydrogen (secondary N) is 1. The quantitative estimate of drug-likeness (QED) is 0.827. The van der Waals surface area contributed by atoms with Crippen molar-refractivity contribution in [3.8, 4) is 0 Å². The van der Waals surface area contributed by atoms with Gasteiger partial charge in [0.2, 0.25) is 11.8 Å². The van der Waals surface area contributed by atoms with Gasteiger partial charge in [0.25, 0.3) is 0 Å². The lowest BCUT2D eigenvalue weighted by Crippen LogP contribution is -2.54. The van der Waals surface area contributed by atoms with Crippen molar-refractivity contribution in [1.29, 1.82) is 0 Å². The third-order valence-electron chi connectivity index (χ3n) is 4.68. The van der Waals surface area contributed by atoms with E-state index in [9.17, 15) is 9.59 Å². The molecule has 1 saturated heterocycles. The van der Waals surface area contributed by atoms with Crippen molar-refractivity contribution in [2.24, 2.45) is 5.92 Å². The summed E-state index contributed by atoms with van der Waals surface area (Å²) in [6.07, 6.45) is 4.44. The highest BCUT2D eigenvalue weighted by Gasteiger charge is 2.44. The van der Waals surface area contributed by atoms with Gasteiger partial charge in [-0.25, -0.2) is 0 Å². The summed E-state index contributed by atoms with van der Waals surface area (Å²) in [5.41, 5.74) is -0.115. The van der Waals surface area contributed by atoms with Gasteiger partial charge in [-0.05, 0) is 38.5 Å². The third-order valence-corrected chi connectivity index (χ3v) is 4.68. The van der Waals surface area contributed by atoms with Crippen LogP contribution < -0.4 is 5.32 Å². The van der Waals surface area contributed by atoms with Crippen LogP contribution in [-0.2, 0) is 9.59 Å². The van der Waals surface area contributed by atoms with E-state index >= 15 is 0 Å². The van der Waals surface area contributed by atoms with Crippen LogP contribution in [0.25, 0.3) is 0 Å². The van der Waals surface area contributed by atoms with Gasteiger partial charge < -0.3 is 10.2 Å². The second kappa shape index (κ2) is 4.90. The molecule has 1 aliphatic carbocycles. The fourth-order valence-electron chi connectivity index (χ4n) is 2.72. The van der Waals surface area contributed by atoms with Gasteiger partial charge in [-0.3, -0.25) is 9.59 Å². The summed E-state index contributed by atoms with van der Waals surface area (Å²) in [4.78, 5) is 26.3. The van der Waals surface area contributed by atoms with Gasteiger partial charge in [-0.15, -0.1) is 0 Å². The molecule has 1 saturated carbocycles. The minimum absolute atomic E-state index is 0.0253. The smallest absolute Gasteiger partial charge is 0.245 e. The van der Waals surface area contributed by atoms with Crippen LogP contribution in [0.5, 0.6) is 0 Å². The van der Waals surface area contributed by atoms with Crippen LogP contribution >= 0.6 is 0 Å². The maximum Gasteiger partial charge on any atom is 0.245 e. The van der Waals surface area contributed by atoms with Crippen LogP contribution in [-0.4, -0.2) is 34.8 Å². The Morgan fingerprint density at radius 2 is 1.89 bits per heavy atom. The van der Waals surface area contributed by atoms with Crippen LogP contribution in [0.2, 0.25) is 0 Å². The molecule has 2 rings (SSSR count). The van der Waals surface area contributed by atoms with Gasteiger partial charge in [-0.1, -0.05) is 13.8 Å². The van der Waals surface area contributed by atoms with Gasteiger partial charge in [0.1, 0.15) is 6.04 Å². The Hall–Kier alpha value is -1.06. The summed E-state index contributed by atoms with van der Waals surface area (Å²) in [5.74, 6) is 0.534.